The predicted molar refractivity (Wildman–Crippen MR) is 73.8 cm³/mol. The lowest BCUT2D eigenvalue weighted by Crippen LogP contribution is -2.28. The van der Waals surface area contributed by atoms with E-state index in [2.05, 4.69) is 26.1 Å². The molecule has 0 aromatic carbocycles. The van der Waals surface area contributed by atoms with Crippen molar-refractivity contribution >= 4 is 15.9 Å². The summed E-state index contributed by atoms with van der Waals surface area (Å²) in [5, 5.41) is 8.97. The fourth-order valence-corrected chi connectivity index (χ4v) is 3.33. The van der Waals surface area contributed by atoms with E-state index < -0.39 is 12.1 Å². The molecular formula is C13H19BrF3N3. The second-order valence-corrected chi connectivity index (χ2v) is 6.22. The molecule has 20 heavy (non-hydrogen) atoms. The van der Waals surface area contributed by atoms with Gasteiger partial charge in [-0.05, 0) is 39.5 Å². The third-order valence-electron chi connectivity index (χ3n) is 3.98. The molecule has 7 heteroatoms. The van der Waals surface area contributed by atoms with Gasteiger partial charge in [-0.1, -0.05) is 15.9 Å². The predicted octanol–water partition coefficient (Wildman–Crippen LogP) is 4.59. The molecule has 0 N–H and O–H groups in total. The first-order chi connectivity index (χ1) is 9.34. The van der Waals surface area contributed by atoms with Crippen LogP contribution in [0.4, 0.5) is 13.2 Å². The van der Waals surface area contributed by atoms with Gasteiger partial charge in [-0.15, -0.1) is 10.2 Å². The molecule has 3 nitrogen and oxygen atoms in total. The Morgan fingerprint density at radius 1 is 1.20 bits per heavy atom. The van der Waals surface area contributed by atoms with E-state index in [-0.39, 0.29) is 24.8 Å². The molecular weight excluding hydrogens is 335 g/mol. The minimum absolute atomic E-state index is 0.0938. The standard InChI is InChI=1S/C13H19BrF3N3/c1-8(2)20-11(7-14)18-19-12(20)9-3-5-10(6-4-9)13(15,16)17/h8-10H,3-7H2,1-2H3. The Balaban J connectivity index is 2.13. The van der Waals surface area contributed by atoms with Crippen molar-refractivity contribution in [3.63, 3.8) is 0 Å². The fourth-order valence-electron chi connectivity index (χ4n) is 2.95. The van der Waals surface area contributed by atoms with E-state index in [1.807, 2.05) is 18.4 Å². The second kappa shape index (κ2) is 6.03. The smallest absolute Gasteiger partial charge is 0.311 e. The first-order valence-electron chi connectivity index (χ1n) is 6.91. The maximum Gasteiger partial charge on any atom is 0.391 e. The summed E-state index contributed by atoms with van der Waals surface area (Å²) in [4.78, 5) is 0. The highest BCUT2D eigenvalue weighted by Gasteiger charge is 2.42. The summed E-state index contributed by atoms with van der Waals surface area (Å²) in [5.41, 5.74) is 0. The normalized spacial score (nSPS) is 24.4. The Morgan fingerprint density at radius 2 is 1.80 bits per heavy atom. The van der Waals surface area contributed by atoms with E-state index in [1.54, 1.807) is 0 Å². The van der Waals surface area contributed by atoms with Gasteiger partial charge in [-0.25, -0.2) is 0 Å². The van der Waals surface area contributed by atoms with E-state index in [0.717, 1.165) is 11.6 Å². The van der Waals surface area contributed by atoms with Gasteiger partial charge in [0, 0.05) is 12.0 Å². The van der Waals surface area contributed by atoms with Crippen LogP contribution in [0.25, 0.3) is 0 Å². The molecule has 0 radical (unpaired) electrons. The van der Waals surface area contributed by atoms with Crippen molar-refractivity contribution in [2.75, 3.05) is 0 Å². The van der Waals surface area contributed by atoms with Crippen LogP contribution in [0.15, 0.2) is 0 Å². The van der Waals surface area contributed by atoms with E-state index in [1.165, 1.54) is 0 Å². The Labute approximate surface area is 125 Å². The molecule has 1 aliphatic rings. The van der Waals surface area contributed by atoms with E-state index in [9.17, 15) is 13.2 Å². The minimum Gasteiger partial charge on any atom is -0.311 e. The number of rotatable bonds is 3. The van der Waals surface area contributed by atoms with Gasteiger partial charge in [0.15, 0.2) is 0 Å². The lowest BCUT2D eigenvalue weighted by Gasteiger charge is -2.30. The van der Waals surface area contributed by atoms with Crippen LogP contribution >= 0.6 is 15.9 Å². The Bertz CT molecular complexity index is 448. The molecule has 0 saturated heterocycles. The third kappa shape index (κ3) is 3.18. The molecule has 0 spiro atoms. The molecule has 0 aliphatic heterocycles. The Morgan fingerprint density at radius 3 is 2.25 bits per heavy atom. The van der Waals surface area contributed by atoms with Crippen LogP contribution in [-0.4, -0.2) is 20.9 Å². The van der Waals surface area contributed by atoms with Crippen LogP contribution in [0.1, 0.15) is 63.1 Å². The quantitative estimate of drug-likeness (QED) is 0.744. The first kappa shape index (κ1) is 15.8. The molecule has 1 aliphatic carbocycles. The molecule has 1 saturated carbocycles. The average molecular weight is 354 g/mol. The van der Waals surface area contributed by atoms with Crippen LogP contribution in [0.5, 0.6) is 0 Å². The van der Waals surface area contributed by atoms with E-state index in [4.69, 9.17) is 0 Å². The maximum atomic E-state index is 12.7. The van der Waals surface area contributed by atoms with Crippen molar-refractivity contribution in [1.82, 2.24) is 14.8 Å². The van der Waals surface area contributed by atoms with Crippen molar-refractivity contribution in [3.8, 4) is 0 Å². The van der Waals surface area contributed by atoms with Crippen LogP contribution in [0.3, 0.4) is 0 Å². The average Bonchev–Trinajstić information content (AvgIpc) is 2.81. The number of hydrogen-bond donors (Lipinski definition) is 0. The van der Waals surface area contributed by atoms with Crippen molar-refractivity contribution in [1.29, 1.82) is 0 Å². The summed E-state index contributed by atoms with van der Waals surface area (Å²) in [6.45, 7) is 4.08. The molecule has 1 heterocycles. The molecule has 1 fully saturated rings. The first-order valence-corrected chi connectivity index (χ1v) is 8.03. The number of nitrogens with zero attached hydrogens (tertiary/aromatic N) is 3. The van der Waals surface area contributed by atoms with Gasteiger partial charge in [0.05, 0.1) is 11.2 Å². The summed E-state index contributed by atoms with van der Waals surface area (Å²) >= 11 is 3.38. The third-order valence-corrected chi connectivity index (χ3v) is 4.49. The highest BCUT2D eigenvalue weighted by atomic mass is 79.9. The van der Waals surface area contributed by atoms with Gasteiger partial charge >= 0.3 is 6.18 Å². The molecule has 2 rings (SSSR count). The van der Waals surface area contributed by atoms with Crippen LogP contribution in [0, 0.1) is 5.92 Å². The molecule has 1 aromatic rings. The van der Waals surface area contributed by atoms with Crippen LogP contribution in [0.2, 0.25) is 0 Å². The van der Waals surface area contributed by atoms with Gasteiger partial charge in [-0.3, -0.25) is 0 Å². The molecule has 114 valence electrons. The highest BCUT2D eigenvalue weighted by Crippen LogP contribution is 2.42. The monoisotopic (exact) mass is 353 g/mol. The highest BCUT2D eigenvalue weighted by molar-refractivity contribution is 9.08. The van der Waals surface area contributed by atoms with Gasteiger partial charge in [0.25, 0.3) is 0 Å². The number of alkyl halides is 4. The van der Waals surface area contributed by atoms with Gasteiger partial charge in [0.1, 0.15) is 11.6 Å². The molecule has 1 aromatic heterocycles. The number of hydrogen-bond acceptors (Lipinski definition) is 2. The van der Waals surface area contributed by atoms with Gasteiger partial charge in [-0.2, -0.15) is 13.2 Å². The lowest BCUT2D eigenvalue weighted by molar-refractivity contribution is -0.182. The summed E-state index contributed by atoms with van der Waals surface area (Å²) in [5.74, 6) is 0.629. The van der Waals surface area contributed by atoms with Crippen molar-refractivity contribution in [2.45, 2.75) is 63.0 Å². The molecule has 0 amide bonds. The fraction of sp³-hybridized carbons (Fsp3) is 0.846. The largest absolute Gasteiger partial charge is 0.391 e. The maximum absolute atomic E-state index is 12.7. The lowest BCUT2D eigenvalue weighted by atomic mass is 9.81. The SMILES string of the molecule is CC(C)n1c(CBr)nnc1C1CCC(C(F)(F)F)CC1. The minimum atomic E-state index is -4.06. The molecule has 0 bridgehead atoms. The van der Waals surface area contributed by atoms with Gasteiger partial charge < -0.3 is 4.57 Å². The second-order valence-electron chi connectivity index (χ2n) is 5.66. The summed E-state index contributed by atoms with van der Waals surface area (Å²) in [7, 11) is 0. The van der Waals surface area contributed by atoms with Crippen molar-refractivity contribution < 1.29 is 13.2 Å². The molecule has 0 atom stereocenters. The Hall–Kier alpha value is -0.590. The van der Waals surface area contributed by atoms with Crippen LogP contribution < -0.4 is 0 Å². The zero-order valence-corrected chi connectivity index (χ0v) is 13.2. The topological polar surface area (TPSA) is 30.7 Å². The zero-order chi connectivity index (χ0) is 14.9. The number of aromatic nitrogens is 3. The Kier molecular flexibility index (Phi) is 4.76. The van der Waals surface area contributed by atoms with E-state index >= 15 is 0 Å². The molecule has 0 unspecified atom stereocenters. The zero-order valence-electron chi connectivity index (χ0n) is 11.6. The van der Waals surface area contributed by atoms with Crippen LogP contribution in [-0.2, 0) is 5.33 Å². The van der Waals surface area contributed by atoms with Crippen molar-refractivity contribution in [2.24, 2.45) is 5.92 Å². The van der Waals surface area contributed by atoms with Crippen molar-refractivity contribution in [3.05, 3.63) is 11.6 Å². The van der Waals surface area contributed by atoms with Gasteiger partial charge in [0.2, 0.25) is 0 Å². The summed E-state index contributed by atoms with van der Waals surface area (Å²) in [6, 6.07) is 0.216. The summed E-state index contributed by atoms with van der Waals surface area (Å²) in [6.07, 6.45) is -2.59. The number of halogens is 4. The summed E-state index contributed by atoms with van der Waals surface area (Å²) < 4.78 is 40.1. The van der Waals surface area contributed by atoms with E-state index in [0.29, 0.717) is 18.2 Å².